The summed E-state index contributed by atoms with van der Waals surface area (Å²) in [5, 5.41) is 21.2. The maximum atomic E-state index is 11.1. The topological polar surface area (TPSA) is 97.3 Å². The molecule has 0 atom stereocenters. The van der Waals surface area contributed by atoms with Gasteiger partial charge in [-0.2, -0.15) is 0 Å². The van der Waals surface area contributed by atoms with E-state index in [9.17, 15) is 10.1 Å². The molecule has 0 radical (unpaired) electrons. The molecule has 8 nitrogen and oxygen atoms in total. The summed E-state index contributed by atoms with van der Waals surface area (Å²) in [6.07, 6.45) is 0. The van der Waals surface area contributed by atoms with Gasteiger partial charge in [0.15, 0.2) is 0 Å². The van der Waals surface area contributed by atoms with Crippen LogP contribution in [0.4, 0.5) is 11.4 Å². The van der Waals surface area contributed by atoms with Crippen molar-refractivity contribution < 1.29 is 9.55 Å². The Balaban J connectivity index is 2.31. The minimum absolute atomic E-state index is 0.104. The number of likely N-dealkylation sites (N-methyl/N-ethyl adjacent to an activating group) is 1. The second-order valence-corrected chi connectivity index (χ2v) is 4.08. The maximum Gasteiger partial charge on any atom is 0.323 e. The van der Waals surface area contributed by atoms with Gasteiger partial charge in [0.1, 0.15) is 11.2 Å². The lowest BCUT2D eigenvalue weighted by atomic mass is 10.2. The van der Waals surface area contributed by atoms with Crippen LogP contribution in [0.5, 0.6) is 0 Å². The zero-order chi connectivity index (χ0) is 13.1. The quantitative estimate of drug-likeness (QED) is 0.627. The number of aromatic nitrogens is 2. The molecule has 2 rings (SSSR count). The number of anilines is 1. The Morgan fingerprint density at radius 2 is 2.22 bits per heavy atom. The molecular formula is C10H13N5O3. The van der Waals surface area contributed by atoms with Crippen LogP contribution >= 0.6 is 0 Å². The van der Waals surface area contributed by atoms with E-state index >= 15 is 0 Å². The molecule has 0 spiro atoms. The van der Waals surface area contributed by atoms with E-state index in [1.54, 1.807) is 12.1 Å². The molecule has 0 unspecified atom stereocenters. The second-order valence-electron chi connectivity index (χ2n) is 4.08. The lowest BCUT2D eigenvalue weighted by Gasteiger charge is -2.11. The Bertz CT molecular complexity index is 566. The third-order valence-corrected chi connectivity index (χ3v) is 2.46. The molecule has 0 aliphatic carbocycles. The number of nitro benzene ring substituents is 1. The zero-order valence-corrected chi connectivity index (χ0v) is 10.1. The summed E-state index contributed by atoms with van der Waals surface area (Å²) >= 11 is 0. The molecule has 0 saturated heterocycles. The van der Waals surface area contributed by atoms with E-state index in [2.05, 4.69) is 20.3 Å². The number of benzene rings is 1. The number of fused-ring (bicyclic) bond motifs is 1. The van der Waals surface area contributed by atoms with Gasteiger partial charge in [-0.15, -0.1) is 0 Å². The lowest BCUT2D eigenvalue weighted by molar-refractivity contribution is -0.382. The predicted molar refractivity (Wildman–Crippen MR) is 65.5 cm³/mol. The Kier molecular flexibility index (Phi) is 3.38. The van der Waals surface area contributed by atoms with Gasteiger partial charge in [-0.3, -0.25) is 10.1 Å². The highest BCUT2D eigenvalue weighted by Gasteiger charge is 2.22. The molecule has 2 aromatic rings. The van der Waals surface area contributed by atoms with Gasteiger partial charge in [-0.1, -0.05) is 0 Å². The molecule has 0 amide bonds. The summed E-state index contributed by atoms with van der Waals surface area (Å²) in [4.78, 5) is 12.6. The molecule has 1 aromatic heterocycles. The first kappa shape index (κ1) is 12.2. The first-order valence-electron chi connectivity index (χ1n) is 5.38. The van der Waals surface area contributed by atoms with Crippen LogP contribution < -0.4 is 5.32 Å². The van der Waals surface area contributed by atoms with Gasteiger partial charge in [-0.05, 0) is 36.5 Å². The number of nitrogens with one attached hydrogen (secondary N) is 1. The summed E-state index contributed by atoms with van der Waals surface area (Å²) in [6.45, 7) is 1.37. The third kappa shape index (κ3) is 2.38. The zero-order valence-electron chi connectivity index (χ0n) is 10.1. The molecule has 18 heavy (non-hydrogen) atoms. The van der Waals surface area contributed by atoms with Crippen molar-refractivity contribution in [3.05, 3.63) is 22.2 Å². The first-order valence-corrected chi connectivity index (χ1v) is 5.38. The van der Waals surface area contributed by atoms with E-state index in [1.807, 2.05) is 19.0 Å². The summed E-state index contributed by atoms with van der Waals surface area (Å²) in [7, 11) is 3.86. The van der Waals surface area contributed by atoms with Crippen molar-refractivity contribution in [1.29, 1.82) is 0 Å². The van der Waals surface area contributed by atoms with Crippen LogP contribution in [-0.4, -0.2) is 47.3 Å². The fourth-order valence-corrected chi connectivity index (χ4v) is 1.58. The molecule has 8 heteroatoms. The first-order chi connectivity index (χ1) is 8.59. The fraction of sp³-hybridized carbons (Fsp3) is 0.400. The molecule has 0 aliphatic rings. The van der Waals surface area contributed by atoms with E-state index in [0.717, 1.165) is 6.54 Å². The number of rotatable bonds is 5. The molecule has 0 saturated carbocycles. The van der Waals surface area contributed by atoms with Gasteiger partial charge in [-0.25, -0.2) is 4.63 Å². The SMILES string of the molecule is CN(C)CCNc1ccc2nonc2c1[N+](=O)[O-]. The average molecular weight is 251 g/mol. The standard InChI is InChI=1S/C10H13N5O3/c1-14(2)6-5-11-8-4-3-7-9(13-18-12-7)10(8)15(16)17/h3-4,11H,5-6H2,1-2H3. The van der Waals surface area contributed by atoms with Crippen molar-refractivity contribution in [2.75, 3.05) is 32.5 Å². The number of nitrogens with zero attached hydrogens (tertiary/aromatic N) is 4. The van der Waals surface area contributed by atoms with Gasteiger partial charge in [0.2, 0.25) is 5.52 Å². The van der Waals surface area contributed by atoms with Crippen molar-refractivity contribution in [2.24, 2.45) is 0 Å². The molecule has 1 heterocycles. The van der Waals surface area contributed by atoms with E-state index in [0.29, 0.717) is 17.7 Å². The Hall–Kier alpha value is -2.22. The summed E-state index contributed by atoms with van der Waals surface area (Å²) in [6, 6.07) is 3.25. The normalized spacial score (nSPS) is 11.1. The Morgan fingerprint density at radius 3 is 2.89 bits per heavy atom. The van der Waals surface area contributed by atoms with Crippen LogP contribution in [0, 0.1) is 10.1 Å². The largest absolute Gasteiger partial charge is 0.378 e. The Labute approximate surface area is 103 Å². The van der Waals surface area contributed by atoms with Crippen molar-refractivity contribution in [1.82, 2.24) is 15.2 Å². The van der Waals surface area contributed by atoms with Crippen LogP contribution in [0.2, 0.25) is 0 Å². The van der Waals surface area contributed by atoms with Crippen LogP contribution in [0.3, 0.4) is 0 Å². The van der Waals surface area contributed by atoms with Crippen molar-refractivity contribution in [3.63, 3.8) is 0 Å². The molecule has 0 bridgehead atoms. The number of nitro groups is 1. The average Bonchev–Trinajstić information content (AvgIpc) is 2.75. The van der Waals surface area contributed by atoms with Crippen LogP contribution in [-0.2, 0) is 0 Å². The van der Waals surface area contributed by atoms with Gasteiger partial charge >= 0.3 is 5.69 Å². The van der Waals surface area contributed by atoms with Crippen molar-refractivity contribution in [2.45, 2.75) is 0 Å². The lowest BCUT2D eigenvalue weighted by Crippen LogP contribution is -2.21. The summed E-state index contributed by atoms with van der Waals surface area (Å²) in [5.41, 5.74) is 0.854. The number of hydrogen-bond donors (Lipinski definition) is 1. The Morgan fingerprint density at radius 1 is 1.44 bits per heavy atom. The predicted octanol–water partition coefficient (Wildman–Crippen LogP) is 1.10. The highest BCUT2D eigenvalue weighted by Crippen LogP contribution is 2.31. The van der Waals surface area contributed by atoms with Crippen molar-refractivity contribution >= 4 is 22.4 Å². The monoisotopic (exact) mass is 251 g/mol. The van der Waals surface area contributed by atoms with Gasteiger partial charge in [0.25, 0.3) is 0 Å². The van der Waals surface area contributed by atoms with Gasteiger partial charge in [0.05, 0.1) is 4.92 Å². The highest BCUT2D eigenvalue weighted by molar-refractivity contribution is 5.90. The van der Waals surface area contributed by atoms with Crippen LogP contribution in [0.25, 0.3) is 11.0 Å². The number of hydrogen-bond acceptors (Lipinski definition) is 7. The third-order valence-electron chi connectivity index (χ3n) is 2.46. The van der Waals surface area contributed by atoms with E-state index in [4.69, 9.17) is 0 Å². The van der Waals surface area contributed by atoms with Gasteiger partial charge in [0, 0.05) is 13.1 Å². The summed E-state index contributed by atoms with van der Waals surface area (Å²) in [5.74, 6) is 0. The minimum Gasteiger partial charge on any atom is -0.378 e. The van der Waals surface area contributed by atoms with Crippen LogP contribution in [0.15, 0.2) is 16.8 Å². The fourth-order valence-electron chi connectivity index (χ4n) is 1.58. The molecule has 1 aromatic carbocycles. The molecule has 96 valence electrons. The molecule has 0 aliphatic heterocycles. The molecule has 1 N–H and O–H groups in total. The molecule has 0 fully saturated rings. The van der Waals surface area contributed by atoms with E-state index in [-0.39, 0.29) is 11.2 Å². The maximum absolute atomic E-state index is 11.1. The van der Waals surface area contributed by atoms with Crippen LogP contribution in [0.1, 0.15) is 0 Å². The second kappa shape index (κ2) is 4.96. The van der Waals surface area contributed by atoms with E-state index in [1.165, 1.54) is 0 Å². The van der Waals surface area contributed by atoms with E-state index < -0.39 is 4.92 Å². The minimum atomic E-state index is -0.482. The molecular weight excluding hydrogens is 238 g/mol. The van der Waals surface area contributed by atoms with Crippen molar-refractivity contribution in [3.8, 4) is 0 Å². The highest BCUT2D eigenvalue weighted by atomic mass is 16.6. The summed E-state index contributed by atoms with van der Waals surface area (Å²) < 4.78 is 4.51. The van der Waals surface area contributed by atoms with Gasteiger partial charge < -0.3 is 10.2 Å². The smallest absolute Gasteiger partial charge is 0.323 e.